The first-order valence-electron chi connectivity index (χ1n) is 5.15. The Hall–Kier alpha value is -1.27. The van der Waals surface area contributed by atoms with Crippen LogP contribution in [0.3, 0.4) is 0 Å². The van der Waals surface area contributed by atoms with E-state index in [4.69, 9.17) is 5.11 Å². The molecule has 1 aromatic carbocycles. The number of halogens is 2. The van der Waals surface area contributed by atoms with Gasteiger partial charge in [-0.05, 0) is 41.1 Å². The Bertz CT molecular complexity index is 542. The summed E-state index contributed by atoms with van der Waals surface area (Å²) < 4.78 is 15.3. The summed E-state index contributed by atoms with van der Waals surface area (Å²) in [6.07, 6.45) is 0. The molecule has 0 saturated carbocycles. The van der Waals surface area contributed by atoms with Gasteiger partial charge in [-0.2, -0.15) is 0 Å². The molecule has 0 atom stereocenters. The molecule has 1 heterocycles. The molecule has 1 N–H and O–H groups in total. The minimum atomic E-state index is -0.321. The van der Waals surface area contributed by atoms with Crippen molar-refractivity contribution < 1.29 is 9.50 Å². The fourth-order valence-electron chi connectivity index (χ4n) is 1.63. The molecule has 4 nitrogen and oxygen atoms in total. The van der Waals surface area contributed by atoms with Crippen molar-refractivity contribution in [1.29, 1.82) is 0 Å². The molecule has 0 spiro atoms. The van der Waals surface area contributed by atoms with Crippen LogP contribution in [0.4, 0.5) is 4.39 Å². The minimum Gasteiger partial charge on any atom is -0.388 e. The molecule has 0 aliphatic heterocycles. The van der Waals surface area contributed by atoms with Gasteiger partial charge < -0.3 is 9.67 Å². The average molecular weight is 300 g/mol. The lowest BCUT2D eigenvalue weighted by Gasteiger charge is -2.06. The number of benzene rings is 1. The Morgan fingerprint density at radius 1 is 1.41 bits per heavy atom. The molecule has 17 heavy (non-hydrogen) atoms. The molecule has 1 aromatic heterocycles. The van der Waals surface area contributed by atoms with E-state index in [1.807, 2.05) is 6.92 Å². The topological polar surface area (TPSA) is 50.9 Å². The van der Waals surface area contributed by atoms with Gasteiger partial charge in [0.15, 0.2) is 11.6 Å². The van der Waals surface area contributed by atoms with Crippen molar-refractivity contribution in [2.24, 2.45) is 0 Å². The van der Waals surface area contributed by atoms with Crippen LogP contribution in [0, 0.1) is 5.82 Å². The van der Waals surface area contributed by atoms with Crippen LogP contribution in [0.15, 0.2) is 22.7 Å². The highest BCUT2D eigenvalue weighted by Gasteiger charge is 2.12. The van der Waals surface area contributed by atoms with Crippen LogP contribution in [0.2, 0.25) is 0 Å². The van der Waals surface area contributed by atoms with Crippen molar-refractivity contribution in [1.82, 2.24) is 14.8 Å². The largest absolute Gasteiger partial charge is 0.388 e. The van der Waals surface area contributed by atoms with Crippen LogP contribution in [-0.2, 0) is 13.2 Å². The number of aliphatic hydroxyl groups is 1. The summed E-state index contributed by atoms with van der Waals surface area (Å²) in [5.41, 5.74) is 0.757. The van der Waals surface area contributed by atoms with Crippen molar-refractivity contribution in [3.05, 3.63) is 34.3 Å². The monoisotopic (exact) mass is 299 g/mol. The Balaban J connectivity index is 2.52. The number of aliphatic hydroxyl groups excluding tert-OH is 1. The Kier molecular flexibility index (Phi) is 3.54. The molecule has 0 saturated heterocycles. The molecule has 2 rings (SSSR count). The summed E-state index contributed by atoms with van der Waals surface area (Å²) in [5.74, 6) is 0.805. The van der Waals surface area contributed by atoms with E-state index in [9.17, 15) is 4.39 Å². The summed E-state index contributed by atoms with van der Waals surface area (Å²) >= 11 is 3.13. The smallest absolute Gasteiger partial charge is 0.164 e. The molecule has 2 aromatic rings. The van der Waals surface area contributed by atoms with Crippen molar-refractivity contribution in [3.8, 4) is 11.4 Å². The lowest BCUT2D eigenvalue weighted by Crippen LogP contribution is -2.03. The first-order chi connectivity index (χ1) is 8.17. The summed E-state index contributed by atoms with van der Waals surface area (Å²) in [6, 6.07) is 4.65. The van der Waals surface area contributed by atoms with Gasteiger partial charge in [0.05, 0.1) is 4.47 Å². The first-order valence-corrected chi connectivity index (χ1v) is 5.95. The van der Waals surface area contributed by atoms with Crippen molar-refractivity contribution in [3.63, 3.8) is 0 Å². The third-order valence-electron chi connectivity index (χ3n) is 2.46. The summed E-state index contributed by atoms with van der Waals surface area (Å²) in [5, 5.41) is 17.0. The van der Waals surface area contributed by atoms with Crippen LogP contribution in [0.1, 0.15) is 12.7 Å². The van der Waals surface area contributed by atoms with E-state index in [2.05, 4.69) is 26.1 Å². The van der Waals surface area contributed by atoms with E-state index in [0.29, 0.717) is 22.7 Å². The van der Waals surface area contributed by atoms with Gasteiger partial charge in [0, 0.05) is 12.1 Å². The molecule has 90 valence electrons. The standard InChI is InChI=1S/C11H11BrFN3O/c1-2-16-10(6-17)14-15-11(16)7-3-4-9(13)8(12)5-7/h3-5,17H,2,6H2,1H3. The molecular weight excluding hydrogens is 289 g/mol. The molecule has 0 aliphatic rings. The molecule has 0 amide bonds. The second-order valence-electron chi connectivity index (χ2n) is 3.47. The molecule has 6 heteroatoms. The van der Waals surface area contributed by atoms with Gasteiger partial charge >= 0.3 is 0 Å². The Labute approximate surface area is 106 Å². The second-order valence-corrected chi connectivity index (χ2v) is 4.33. The lowest BCUT2D eigenvalue weighted by atomic mass is 10.2. The molecule has 0 bridgehead atoms. The average Bonchev–Trinajstić information content (AvgIpc) is 2.75. The predicted molar refractivity (Wildman–Crippen MR) is 64.7 cm³/mol. The zero-order chi connectivity index (χ0) is 12.4. The predicted octanol–water partition coefficient (Wildman–Crippen LogP) is 2.36. The molecule has 0 aliphatic carbocycles. The van der Waals surface area contributed by atoms with Crippen LogP contribution >= 0.6 is 15.9 Å². The van der Waals surface area contributed by atoms with Gasteiger partial charge in [-0.3, -0.25) is 0 Å². The SMILES string of the molecule is CCn1c(CO)nnc1-c1ccc(F)c(Br)c1. The fourth-order valence-corrected chi connectivity index (χ4v) is 2.01. The highest BCUT2D eigenvalue weighted by Crippen LogP contribution is 2.24. The lowest BCUT2D eigenvalue weighted by molar-refractivity contribution is 0.265. The highest BCUT2D eigenvalue weighted by atomic mass is 79.9. The quantitative estimate of drug-likeness (QED) is 0.946. The summed E-state index contributed by atoms with van der Waals surface area (Å²) in [6.45, 7) is 2.42. The molecule has 0 unspecified atom stereocenters. The first kappa shape index (κ1) is 12.2. The van der Waals surface area contributed by atoms with Gasteiger partial charge in [0.1, 0.15) is 12.4 Å². The zero-order valence-corrected chi connectivity index (χ0v) is 10.8. The normalized spacial score (nSPS) is 10.8. The Morgan fingerprint density at radius 2 is 2.18 bits per heavy atom. The van der Waals surface area contributed by atoms with E-state index in [-0.39, 0.29) is 12.4 Å². The third-order valence-corrected chi connectivity index (χ3v) is 3.07. The van der Waals surface area contributed by atoms with Crippen LogP contribution in [0.25, 0.3) is 11.4 Å². The molecule has 0 fully saturated rings. The van der Waals surface area contributed by atoms with Crippen LogP contribution in [-0.4, -0.2) is 19.9 Å². The van der Waals surface area contributed by atoms with Gasteiger partial charge in [0.25, 0.3) is 0 Å². The maximum absolute atomic E-state index is 13.1. The van der Waals surface area contributed by atoms with Crippen molar-refractivity contribution in [2.45, 2.75) is 20.1 Å². The van der Waals surface area contributed by atoms with E-state index in [1.54, 1.807) is 16.7 Å². The van der Waals surface area contributed by atoms with Gasteiger partial charge in [-0.15, -0.1) is 10.2 Å². The minimum absolute atomic E-state index is 0.163. The third kappa shape index (κ3) is 2.23. The number of hydrogen-bond acceptors (Lipinski definition) is 3. The van der Waals surface area contributed by atoms with E-state index in [1.165, 1.54) is 6.07 Å². The van der Waals surface area contributed by atoms with Crippen LogP contribution < -0.4 is 0 Å². The van der Waals surface area contributed by atoms with E-state index in [0.717, 1.165) is 5.56 Å². The summed E-state index contributed by atoms with van der Waals surface area (Å²) in [4.78, 5) is 0. The fraction of sp³-hybridized carbons (Fsp3) is 0.273. The van der Waals surface area contributed by atoms with E-state index >= 15 is 0 Å². The maximum atomic E-state index is 13.1. The second kappa shape index (κ2) is 4.93. The number of nitrogens with zero attached hydrogens (tertiary/aromatic N) is 3. The Morgan fingerprint density at radius 3 is 2.76 bits per heavy atom. The summed E-state index contributed by atoms with van der Waals surface area (Å²) in [7, 11) is 0. The van der Waals surface area contributed by atoms with Crippen molar-refractivity contribution >= 4 is 15.9 Å². The van der Waals surface area contributed by atoms with Gasteiger partial charge in [-0.25, -0.2) is 4.39 Å². The van der Waals surface area contributed by atoms with Crippen molar-refractivity contribution in [2.75, 3.05) is 0 Å². The van der Waals surface area contributed by atoms with Gasteiger partial charge in [-0.1, -0.05) is 0 Å². The number of hydrogen-bond donors (Lipinski definition) is 1. The zero-order valence-electron chi connectivity index (χ0n) is 9.19. The highest BCUT2D eigenvalue weighted by molar-refractivity contribution is 9.10. The molecule has 0 radical (unpaired) electrons. The maximum Gasteiger partial charge on any atom is 0.164 e. The van der Waals surface area contributed by atoms with Gasteiger partial charge in [0.2, 0.25) is 0 Å². The number of rotatable bonds is 3. The number of aromatic nitrogens is 3. The molecular formula is C11H11BrFN3O. The van der Waals surface area contributed by atoms with Crippen LogP contribution in [0.5, 0.6) is 0 Å². The van der Waals surface area contributed by atoms with E-state index < -0.39 is 0 Å².